The first-order chi connectivity index (χ1) is 5.04. The van der Waals surface area contributed by atoms with Gasteiger partial charge >= 0.3 is 0 Å². The normalized spacial score (nSPS) is 13.4. The van der Waals surface area contributed by atoms with Crippen LogP contribution < -0.4 is 0 Å². The van der Waals surface area contributed by atoms with Crippen LogP contribution in [0.5, 0.6) is 0 Å². The second kappa shape index (κ2) is 6.69. The van der Waals surface area contributed by atoms with Gasteiger partial charge in [0, 0.05) is 0 Å². The molecule has 0 heterocycles. The van der Waals surface area contributed by atoms with Crippen molar-refractivity contribution in [2.24, 2.45) is 11.3 Å². The lowest BCUT2D eigenvalue weighted by Crippen LogP contribution is -2.19. The van der Waals surface area contributed by atoms with Gasteiger partial charge in [0.15, 0.2) is 0 Å². The summed E-state index contributed by atoms with van der Waals surface area (Å²) in [5.74, 6) is 0.863. The maximum Gasteiger partial charge on any atom is -0.0331 e. The molecular formula is C11H26. The smallest absolute Gasteiger partial charge is 0.0331 e. The van der Waals surface area contributed by atoms with Crippen molar-refractivity contribution in [3.63, 3.8) is 0 Å². The fraction of sp³-hybridized carbons (Fsp3) is 1.00. The van der Waals surface area contributed by atoms with Crippen LogP contribution in [0, 0.1) is 11.3 Å². The van der Waals surface area contributed by atoms with Crippen LogP contribution in [-0.4, -0.2) is 0 Å². The molecular weight excluding hydrogens is 132 g/mol. The Kier molecular flexibility index (Phi) is 8.26. The molecule has 0 N–H and O–H groups in total. The minimum absolute atomic E-state index is 0.550. The summed E-state index contributed by atoms with van der Waals surface area (Å²) in [4.78, 5) is 0. The third-order valence-corrected chi connectivity index (χ3v) is 2.86. The Morgan fingerprint density at radius 2 is 1.45 bits per heavy atom. The highest BCUT2D eigenvalue weighted by atomic mass is 14.3. The van der Waals surface area contributed by atoms with Gasteiger partial charge in [-0.05, 0) is 11.3 Å². The molecule has 0 saturated heterocycles. The van der Waals surface area contributed by atoms with Crippen LogP contribution in [0.1, 0.15) is 61.3 Å². The summed E-state index contributed by atoms with van der Waals surface area (Å²) in [6.45, 7) is 15.6. The zero-order chi connectivity index (χ0) is 9.49. The first-order valence-corrected chi connectivity index (χ1v) is 5.04. The first-order valence-electron chi connectivity index (χ1n) is 5.04. The molecule has 0 rings (SSSR count). The topological polar surface area (TPSA) is 0 Å². The Hall–Kier alpha value is 0. The molecule has 0 amide bonds. The largest absolute Gasteiger partial charge is 0.0683 e. The number of rotatable bonds is 3. The minimum atomic E-state index is 0.550. The lowest BCUT2D eigenvalue weighted by molar-refractivity contribution is 0.215. The van der Waals surface area contributed by atoms with Crippen LogP contribution in [0.15, 0.2) is 0 Å². The Morgan fingerprint density at radius 1 is 1.09 bits per heavy atom. The molecule has 0 aromatic rings. The minimum Gasteiger partial charge on any atom is -0.0683 e. The summed E-state index contributed by atoms with van der Waals surface area (Å²) >= 11 is 0. The van der Waals surface area contributed by atoms with Crippen LogP contribution in [0.4, 0.5) is 0 Å². The lowest BCUT2D eigenvalue weighted by atomic mass is 9.77. The third kappa shape index (κ3) is 5.29. The fourth-order valence-electron chi connectivity index (χ4n) is 0.901. The number of hydrogen-bond acceptors (Lipinski definition) is 0. The van der Waals surface area contributed by atoms with Crippen molar-refractivity contribution in [3.05, 3.63) is 0 Å². The second-order valence-electron chi connectivity index (χ2n) is 3.65. The van der Waals surface area contributed by atoms with E-state index in [0.29, 0.717) is 5.41 Å². The summed E-state index contributed by atoms with van der Waals surface area (Å²) in [5, 5.41) is 0. The Labute approximate surface area is 73.4 Å². The Bertz CT molecular complexity index is 72.1. The van der Waals surface area contributed by atoms with Gasteiger partial charge in [-0.15, -0.1) is 0 Å². The van der Waals surface area contributed by atoms with Crippen LogP contribution in [0.2, 0.25) is 0 Å². The molecule has 0 saturated carbocycles. The van der Waals surface area contributed by atoms with Crippen molar-refractivity contribution in [2.75, 3.05) is 0 Å². The van der Waals surface area contributed by atoms with Gasteiger partial charge in [-0.25, -0.2) is 0 Å². The van der Waals surface area contributed by atoms with Gasteiger partial charge in [-0.3, -0.25) is 0 Å². The highest BCUT2D eigenvalue weighted by molar-refractivity contribution is 4.71. The fourth-order valence-corrected chi connectivity index (χ4v) is 0.901. The molecule has 11 heavy (non-hydrogen) atoms. The summed E-state index contributed by atoms with van der Waals surface area (Å²) in [5.41, 5.74) is 0.550. The van der Waals surface area contributed by atoms with Crippen molar-refractivity contribution < 1.29 is 0 Å². The maximum atomic E-state index is 2.35. The van der Waals surface area contributed by atoms with E-state index in [4.69, 9.17) is 0 Å². The van der Waals surface area contributed by atoms with Crippen molar-refractivity contribution in [1.29, 1.82) is 0 Å². The van der Waals surface area contributed by atoms with E-state index < -0.39 is 0 Å². The quantitative estimate of drug-likeness (QED) is 0.567. The summed E-state index contributed by atoms with van der Waals surface area (Å²) < 4.78 is 0. The van der Waals surface area contributed by atoms with Crippen LogP contribution in [0.25, 0.3) is 0 Å². The Balaban J connectivity index is 0. The molecule has 0 spiro atoms. The SMILES string of the molecule is CC.CCC(C)C(C)(C)CC. The molecule has 0 aliphatic carbocycles. The monoisotopic (exact) mass is 158 g/mol. The van der Waals surface area contributed by atoms with E-state index in [0.717, 1.165) is 5.92 Å². The van der Waals surface area contributed by atoms with Gasteiger partial charge in [0.25, 0.3) is 0 Å². The highest BCUT2D eigenvalue weighted by Crippen LogP contribution is 2.31. The van der Waals surface area contributed by atoms with Crippen molar-refractivity contribution in [3.8, 4) is 0 Å². The molecule has 0 nitrogen and oxygen atoms in total. The van der Waals surface area contributed by atoms with E-state index in [-0.39, 0.29) is 0 Å². The van der Waals surface area contributed by atoms with Crippen LogP contribution in [0.3, 0.4) is 0 Å². The van der Waals surface area contributed by atoms with E-state index in [2.05, 4.69) is 34.6 Å². The second-order valence-corrected chi connectivity index (χ2v) is 3.65. The van der Waals surface area contributed by atoms with Gasteiger partial charge in [-0.2, -0.15) is 0 Å². The van der Waals surface area contributed by atoms with Crippen molar-refractivity contribution in [2.45, 2.75) is 61.3 Å². The molecule has 0 radical (unpaired) electrons. The summed E-state index contributed by atoms with van der Waals surface area (Å²) in [6.07, 6.45) is 2.60. The molecule has 0 aromatic heterocycles. The molecule has 1 atom stereocenters. The van der Waals surface area contributed by atoms with Crippen LogP contribution >= 0.6 is 0 Å². The summed E-state index contributed by atoms with van der Waals surface area (Å²) in [6, 6.07) is 0. The lowest BCUT2D eigenvalue weighted by Gasteiger charge is -2.29. The molecule has 70 valence electrons. The Morgan fingerprint density at radius 3 is 1.55 bits per heavy atom. The van der Waals surface area contributed by atoms with E-state index in [1.54, 1.807) is 0 Å². The third-order valence-electron chi connectivity index (χ3n) is 2.86. The van der Waals surface area contributed by atoms with Gasteiger partial charge < -0.3 is 0 Å². The predicted octanol–water partition coefficient (Wildman–Crippen LogP) is 4.49. The van der Waals surface area contributed by atoms with Crippen molar-refractivity contribution >= 4 is 0 Å². The van der Waals surface area contributed by atoms with E-state index >= 15 is 0 Å². The molecule has 0 aliphatic rings. The molecule has 0 aromatic carbocycles. The molecule has 1 unspecified atom stereocenters. The van der Waals surface area contributed by atoms with Crippen LogP contribution in [-0.2, 0) is 0 Å². The predicted molar refractivity (Wildman–Crippen MR) is 54.9 cm³/mol. The zero-order valence-electron chi connectivity index (χ0n) is 9.49. The molecule has 0 fully saturated rings. The average molecular weight is 158 g/mol. The maximum absolute atomic E-state index is 2.35. The number of hydrogen-bond donors (Lipinski definition) is 0. The van der Waals surface area contributed by atoms with Gasteiger partial charge in [0.05, 0.1) is 0 Å². The van der Waals surface area contributed by atoms with Gasteiger partial charge in [-0.1, -0.05) is 61.3 Å². The standard InChI is InChI=1S/C9H20.C2H6/c1-6-8(3)9(4,5)7-2;1-2/h8H,6-7H2,1-5H3;1-2H3. The first kappa shape index (κ1) is 13.6. The molecule has 0 bridgehead atoms. The molecule has 0 aliphatic heterocycles. The highest BCUT2D eigenvalue weighted by Gasteiger charge is 2.21. The summed E-state index contributed by atoms with van der Waals surface area (Å²) in [7, 11) is 0. The van der Waals surface area contributed by atoms with E-state index in [9.17, 15) is 0 Å². The van der Waals surface area contributed by atoms with E-state index in [1.165, 1.54) is 12.8 Å². The van der Waals surface area contributed by atoms with E-state index in [1.807, 2.05) is 13.8 Å². The zero-order valence-corrected chi connectivity index (χ0v) is 9.49. The molecule has 0 heteroatoms. The van der Waals surface area contributed by atoms with Gasteiger partial charge in [0.2, 0.25) is 0 Å². The van der Waals surface area contributed by atoms with Gasteiger partial charge in [0.1, 0.15) is 0 Å². The van der Waals surface area contributed by atoms with Crippen molar-refractivity contribution in [1.82, 2.24) is 0 Å². The average Bonchev–Trinajstić information content (AvgIpc) is 2.06.